The molecule has 2 N–H and O–H groups in total. The topological polar surface area (TPSA) is 43.3 Å². The van der Waals surface area contributed by atoms with Crippen LogP contribution in [0.5, 0.6) is 0 Å². The second-order valence-electron chi connectivity index (χ2n) is 4.64. The van der Waals surface area contributed by atoms with Gasteiger partial charge in [-0.2, -0.15) is 0 Å². The average molecular weight is 255 g/mol. The van der Waals surface area contributed by atoms with Gasteiger partial charge in [0.05, 0.1) is 5.69 Å². The highest BCUT2D eigenvalue weighted by molar-refractivity contribution is 5.69. The number of nitrogens with two attached hydrogens (primary N) is 1. The van der Waals surface area contributed by atoms with Crippen molar-refractivity contribution in [2.24, 2.45) is 0 Å². The van der Waals surface area contributed by atoms with Gasteiger partial charge in [-0.25, -0.2) is 9.37 Å². The minimum absolute atomic E-state index is 0.195. The molecule has 0 saturated carbocycles. The molecule has 0 aliphatic heterocycles. The Hall–Kier alpha value is -2.36. The van der Waals surface area contributed by atoms with Crippen molar-refractivity contribution in [1.29, 1.82) is 0 Å². The summed E-state index contributed by atoms with van der Waals surface area (Å²) in [6.07, 6.45) is 1.94. The number of imidazole rings is 1. The molecule has 0 amide bonds. The fraction of sp³-hybridized carbons (Fsp3) is 0.133. The molecule has 96 valence electrons. The molecular weight excluding hydrogens is 241 g/mol. The van der Waals surface area contributed by atoms with Gasteiger partial charge >= 0.3 is 0 Å². The van der Waals surface area contributed by atoms with Gasteiger partial charge < -0.3 is 10.1 Å². The number of nitrogen functional groups attached to an aromatic ring is 1. The van der Waals surface area contributed by atoms with Crippen LogP contribution < -0.4 is 5.73 Å². The van der Waals surface area contributed by atoms with Crippen LogP contribution in [-0.4, -0.2) is 9.38 Å². The van der Waals surface area contributed by atoms with Gasteiger partial charge in [-0.15, -0.1) is 0 Å². The molecule has 0 aliphatic carbocycles. The van der Waals surface area contributed by atoms with E-state index >= 15 is 0 Å². The molecule has 0 aliphatic rings. The predicted molar refractivity (Wildman–Crippen MR) is 74.5 cm³/mol. The van der Waals surface area contributed by atoms with Crippen molar-refractivity contribution in [2.45, 2.75) is 13.8 Å². The molecule has 1 aromatic carbocycles. The van der Waals surface area contributed by atoms with Crippen LogP contribution in [0.25, 0.3) is 16.8 Å². The van der Waals surface area contributed by atoms with Gasteiger partial charge in [-0.3, -0.25) is 0 Å². The Bertz CT molecular complexity index is 774. The van der Waals surface area contributed by atoms with Crippen molar-refractivity contribution in [3.63, 3.8) is 0 Å². The number of rotatable bonds is 1. The molecule has 4 heteroatoms. The Morgan fingerprint density at radius 1 is 1.16 bits per heavy atom. The highest BCUT2D eigenvalue weighted by atomic mass is 19.1. The van der Waals surface area contributed by atoms with Gasteiger partial charge in [0.2, 0.25) is 0 Å². The van der Waals surface area contributed by atoms with E-state index in [9.17, 15) is 4.39 Å². The summed E-state index contributed by atoms with van der Waals surface area (Å²) in [4.78, 5) is 4.25. The molecule has 0 bridgehead atoms. The lowest BCUT2D eigenvalue weighted by Crippen LogP contribution is -1.93. The SMILES string of the molecule is Cc1c(F)cccc1-c1ccc2nc(N)c(C)n2c1. The summed E-state index contributed by atoms with van der Waals surface area (Å²) >= 11 is 0. The fourth-order valence-corrected chi connectivity index (χ4v) is 2.26. The van der Waals surface area contributed by atoms with Crippen LogP contribution in [-0.2, 0) is 0 Å². The Morgan fingerprint density at radius 3 is 2.74 bits per heavy atom. The maximum atomic E-state index is 13.6. The number of hydrogen-bond acceptors (Lipinski definition) is 2. The molecule has 0 fully saturated rings. The predicted octanol–water partition coefficient (Wildman–Crippen LogP) is 3.34. The second-order valence-corrected chi connectivity index (χ2v) is 4.64. The van der Waals surface area contributed by atoms with Crippen LogP contribution >= 0.6 is 0 Å². The highest BCUT2D eigenvalue weighted by Crippen LogP contribution is 2.26. The Morgan fingerprint density at radius 2 is 1.95 bits per heavy atom. The molecule has 3 rings (SSSR count). The molecule has 0 saturated heterocycles. The smallest absolute Gasteiger partial charge is 0.145 e. The molecule has 3 aromatic rings. The van der Waals surface area contributed by atoms with Crippen LogP contribution in [0.4, 0.5) is 10.2 Å². The zero-order valence-corrected chi connectivity index (χ0v) is 10.8. The Kier molecular flexibility index (Phi) is 2.52. The van der Waals surface area contributed by atoms with E-state index in [1.165, 1.54) is 6.07 Å². The maximum Gasteiger partial charge on any atom is 0.145 e. The first-order chi connectivity index (χ1) is 9.08. The summed E-state index contributed by atoms with van der Waals surface area (Å²) in [5, 5.41) is 0. The summed E-state index contributed by atoms with van der Waals surface area (Å²) in [7, 11) is 0. The van der Waals surface area contributed by atoms with E-state index < -0.39 is 0 Å². The third kappa shape index (κ3) is 1.76. The zero-order valence-electron chi connectivity index (χ0n) is 10.8. The van der Waals surface area contributed by atoms with Crippen molar-refractivity contribution in [1.82, 2.24) is 9.38 Å². The van der Waals surface area contributed by atoms with Crippen molar-refractivity contribution >= 4 is 11.5 Å². The lowest BCUT2D eigenvalue weighted by atomic mass is 10.0. The highest BCUT2D eigenvalue weighted by Gasteiger charge is 2.09. The third-order valence-corrected chi connectivity index (χ3v) is 3.47. The number of benzene rings is 1. The Balaban J connectivity index is 2.26. The van der Waals surface area contributed by atoms with E-state index in [1.807, 2.05) is 35.7 Å². The van der Waals surface area contributed by atoms with E-state index in [-0.39, 0.29) is 5.82 Å². The van der Waals surface area contributed by atoms with E-state index in [1.54, 1.807) is 13.0 Å². The molecule has 0 spiro atoms. The number of nitrogens with zero attached hydrogens (tertiary/aromatic N) is 2. The summed E-state index contributed by atoms with van der Waals surface area (Å²) in [6.45, 7) is 3.70. The summed E-state index contributed by atoms with van der Waals surface area (Å²) in [6, 6.07) is 8.93. The second kappa shape index (κ2) is 4.09. The molecule has 19 heavy (non-hydrogen) atoms. The Labute approximate surface area is 110 Å². The summed E-state index contributed by atoms with van der Waals surface area (Å²) in [5.74, 6) is 0.326. The molecule has 3 nitrogen and oxygen atoms in total. The number of hydrogen-bond donors (Lipinski definition) is 1. The number of anilines is 1. The first-order valence-electron chi connectivity index (χ1n) is 6.07. The standard InChI is InChI=1S/C15H14FN3/c1-9-12(4-3-5-13(9)16)11-6-7-14-18-15(17)10(2)19(14)8-11/h3-8H,17H2,1-2H3. The van der Waals surface area contributed by atoms with Gasteiger partial charge in [0.25, 0.3) is 0 Å². The number of fused-ring (bicyclic) bond motifs is 1. The van der Waals surface area contributed by atoms with Crippen LogP contribution in [0.3, 0.4) is 0 Å². The minimum Gasteiger partial charge on any atom is -0.382 e. The van der Waals surface area contributed by atoms with E-state index in [4.69, 9.17) is 5.73 Å². The van der Waals surface area contributed by atoms with Crippen molar-refractivity contribution in [2.75, 3.05) is 5.73 Å². The average Bonchev–Trinajstić information content (AvgIpc) is 2.68. The minimum atomic E-state index is -0.195. The number of halogens is 1. The van der Waals surface area contributed by atoms with Gasteiger partial charge in [0, 0.05) is 6.20 Å². The van der Waals surface area contributed by atoms with E-state index in [0.29, 0.717) is 11.4 Å². The van der Waals surface area contributed by atoms with E-state index in [0.717, 1.165) is 22.5 Å². The van der Waals surface area contributed by atoms with Gasteiger partial charge in [0.1, 0.15) is 17.3 Å². The summed E-state index contributed by atoms with van der Waals surface area (Å²) < 4.78 is 15.5. The zero-order chi connectivity index (χ0) is 13.6. The normalized spacial score (nSPS) is 11.1. The van der Waals surface area contributed by atoms with Crippen molar-refractivity contribution < 1.29 is 4.39 Å². The van der Waals surface area contributed by atoms with Crippen molar-refractivity contribution in [3.8, 4) is 11.1 Å². The summed E-state index contributed by atoms with van der Waals surface area (Å²) in [5.41, 5.74) is 9.97. The molecule has 0 radical (unpaired) electrons. The van der Waals surface area contributed by atoms with Gasteiger partial charge in [0.15, 0.2) is 0 Å². The quantitative estimate of drug-likeness (QED) is 0.724. The fourth-order valence-electron chi connectivity index (χ4n) is 2.26. The number of aryl methyl sites for hydroxylation is 1. The third-order valence-electron chi connectivity index (χ3n) is 3.47. The largest absolute Gasteiger partial charge is 0.382 e. The maximum absolute atomic E-state index is 13.6. The monoisotopic (exact) mass is 255 g/mol. The molecular formula is C15H14FN3. The van der Waals surface area contributed by atoms with Crippen LogP contribution in [0.1, 0.15) is 11.3 Å². The van der Waals surface area contributed by atoms with Crippen LogP contribution in [0, 0.1) is 19.7 Å². The lowest BCUT2D eigenvalue weighted by molar-refractivity contribution is 0.619. The van der Waals surface area contributed by atoms with E-state index in [2.05, 4.69) is 4.98 Å². The van der Waals surface area contributed by atoms with Crippen LogP contribution in [0.2, 0.25) is 0 Å². The molecule has 0 unspecified atom stereocenters. The molecule has 2 aromatic heterocycles. The lowest BCUT2D eigenvalue weighted by Gasteiger charge is -2.08. The number of aromatic nitrogens is 2. The van der Waals surface area contributed by atoms with Crippen molar-refractivity contribution in [3.05, 3.63) is 53.6 Å². The molecule has 2 heterocycles. The first-order valence-corrected chi connectivity index (χ1v) is 6.07. The first kappa shape index (κ1) is 11.7. The van der Waals surface area contributed by atoms with Crippen LogP contribution in [0.15, 0.2) is 36.5 Å². The van der Waals surface area contributed by atoms with Gasteiger partial charge in [-0.05, 0) is 48.7 Å². The molecule has 0 atom stereocenters. The van der Waals surface area contributed by atoms with Gasteiger partial charge in [-0.1, -0.05) is 12.1 Å². The number of pyridine rings is 1.